The van der Waals surface area contributed by atoms with E-state index in [0.717, 1.165) is 14.0 Å². The second-order valence-corrected chi connectivity index (χ2v) is 2.61. The molecule has 0 radical (unpaired) electrons. The molecule has 0 saturated heterocycles. The first kappa shape index (κ1) is 11.8. The van der Waals surface area contributed by atoms with Crippen LogP contribution < -0.4 is 0 Å². The molecule has 0 fully saturated rings. The molecule has 1 amide bonds. The molecule has 0 aliphatic carbocycles. The largest absolute Gasteiger partial charge is 0.480 e. The highest BCUT2D eigenvalue weighted by Crippen LogP contribution is 2.19. The predicted octanol–water partition coefficient (Wildman–Crippen LogP) is 0.575. The Hall–Kier alpha value is -1.20. The van der Waals surface area contributed by atoms with E-state index in [1.54, 1.807) is 0 Å². The number of amides is 1. The number of nitrogens with zero attached hydrogens (tertiary/aromatic N) is 1. The van der Waals surface area contributed by atoms with Crippen LogP contribution in [-0.2, 0) is 9.59 Å². The number of alkyl halides is 2. The Morgan fingerprint density at radius 1 is 1.46 bits per heavy atom. The molecular formula is C7H11F2NO3. The predicted molar refractivity (Wildman–Crippen MR) is 40.5 cm³/mol. The van der Waals surface area contributed by atoms with E-state index < -0.39 is 30.8 Å². The topological polar surface area (TPSA) is 57.6 Å². The van der Waals surface area contributed by atoms with Gasteiger partial charge in [-0.1, -0.05) is 6.92 Å². The minimum Gasteiger partial charge on any atom is -0.480 e. The van der Waals surface area contributed by atoms with Crippen molar-refractivity contribution in [2.24, 2.45) is 0 Å². The van der Waals surface area contributed by atoms with E-state index in [0.29, 0.717) is 4.90 Å². The molecule has 6 heteroatoms. The molecule has 0 aromatic carbocycles. The molecule has 76 valence electrons. The quantitative estimate of drug-likeness (QED) is 0.713. The van der Waals surface area contributed by atoms with E-state index >= 15 is 0 Å². The van der Waals surface area contributed by atoms with Crippen LogP contribution in [0.5, 0.6) is 0 Å². The van der Waals surface area contributed by atoms with Crippen molar-refractivity contribution < 1.29 is 23.5 Å². The van der Waals surface area contributed by atoms with Gasteiger partial charge in [0.05, 0.1) is 0 Å². The Labute approximate surface area is 74.1 Å². The van der Waals surface area contributed by atoms with E-state index in [1.165, 1.54) is 0 Å². The Bertz CT molecular complexity index is 218. The molecule has 1 N–H and O–H groups in total. The van der Waals surface area contributed by atoms with E-state index in [2.05, 4.69) is 0 Å². The maximum Gasteiger partial charge on any atom is 0.324 e. The summed E-state index contributed by atoms with van der Waals surface area (Å²) >= 11 is 0. The molecule has 0 unspecified atom stereocenters. The normalized spacial score (nSPS) is 11.1. The third kappa shape index (κ3) is 3.35. The van der Waals surface area contributed by atoms with Crippen LogP contribution in [0, 0.1) is 0 Å². The van der Waals surface area contributed by atoms with Crippen LogP contribution in [0.2, 0.25) is 0 Å². The zero-order valence-corrected chi connectivity index (χ0v) is 7.38. The molecule has 0 aliphatic heterocycles. The van der Waals surface area contributed by atoms with E-state index in [4.69, 9.17) is 5.11 Å². The van der Waals surface area contributed by atoms with Gasteiger partial charge in [-0.05, 0) is 0 Å². The Kier molecular flexibility index (Phi) is 3.77. The number of carbonyl (C=O) groups excluding carboxylic acids is 1. The minimum atomic E-state index is -3.47. The van der Waals surface area contributed by atoms with Gasteiger partial charge in [-0.15, -0.1) is 0 Å². The maximum atomic E-state index is 12.7. The first-order chi connectivity index (χ1) is 5.81. The van der Waals surface area contributed by atoms with Crippen LogP contribution in [-0.4, -0.2) is 41.4 Å². The van der Waals surface area contributed by atoms with Crippen LogP contribution in [0.3, 0.4) is 0 Å². The van der Waals surface area contributed by atoms with Crippen molar-refractivity contribution in [2.75, 3.05) is 13.6 Å². The zero-order valence-electron chi connectivity index (χ0n) is 7.38. The van der Waals surface area contributed by atoms with E-state index in [-0.39, 0.29) is 0 Å². The Morgan fingerprint density at radius 3 is 2.23 bits per heavy atom. The molecule has 0 spiro atoms. The van der Waals surface area contributed by atoms with Crippen molar-refractivity contribution >= 4 is 11.9 Å². The second-order valence-electron chi connectivity index (χ2n) is 2.61. The van der Waals surface area contributed by atoms with Gasteiger partial charge >= 0.3 is 11.9 Å². The van der Waals surface area contributed by atoms with Crippen LogP contribution in [0.4, 0.5) is 8.78 Å². The number of carboxylic acids is 1. The van der Waals surface area contributed by atoms with Gasteiger partial charge in [0.2, 0.25) is 0 Å². The van der Waals surface area contributed by atoms with Gasteiger partial charge < -0.3 is 10.0 Å². The standard InChI is InChI=1S/C7H11F2NO3/c1-3-7(8,9)6(13)10(2)4-5(11)12/h3-4H2,1-2H3,(H,11,12). The average Bonchev–Trinajstić information content (AvgIpc) is 2.01. The van der Waals surface area contributed by atoms with Crippen LogP contribution >= 0.6 is 0 Å². The van der Waals surface area contributed by atoms with Crippen molar-refractivity contribution in [3.63, 3.8) is 0 Å². The third-order valence-electron chi connectivity index (χ3n) is 1.48. The first-order valence-corrected chi connectivity index (χ1v) is 3.66. The summed E-state index contributed by atoms with van der Waals surface area (Å²) in [6.07, 6.45) is -0.629. The molecule has 4 nitrogen and oxygen atoms in total. The van der Waals surface area contributed by atoms with Crippen molar-refractivity contribution in [2.45, 2.75) is 19.3 Å². The molecule has 0 heterocycles. The van der Waals surface area contributed by atoms with Gasteiger partial charge in [-0.25, -0.2) is 0 Å². The minimum absolute atomic E-state index is 0.492. The lowest BCUT2D eigenvalue weighted by Crippen LogP contribution is -2.43. The van der Waals surface area contributed by atoms with Crippen molar-refractivity contribution in [1.82, 2.24) is 4.90 Å². The molecule has 13 heavy (non-hydrogen) atoms. The first-order valence-electron chi connectivity index (χ1n) is 3.66. The van der Waals surface area contributed by atoms with Crippen molar-refractivity contribution in [3.8, 4) is 0 Å². The summed E-state index contributed by atoms with van der Waals surface area (Å²) in [4.78, 5) is 21.4. The van der Waals surface area contributed by atoms with Crippen molar-refractivity contribution in [1.29, 1.82) is 0 Å². The number of aliphatic carboxylic acids is 1. The lowest BCUT2D eigenvalue weighted by atomic mass is 10.2. The summed E-state index contributed by atoms with van der Waals surface area (Å²) in [6.45, 7) is 0.445. The smallest absolute Gasteiger partial charge is 0.324 e. The van der Waals surface area contributed by atoms with Gasteiger partial charge in [0.25, 0.3) is 5.91 Å². The SMILES string of the molecule is CCC(F)(F)C(=O)N(C)CC(=O)O. The summed E-state index contributed by atoms with van der Waals surface area (Å²) in [5.74, 6) is -6.25. The summed E-state index contributed by atoms with van der Waals surface area (Å²) in [5.41, 5.74) is 0. The van der Waals surface area contributed by atoms with Crippen LogP contribution in [0.15, 0.2) is 0 Å². The van der Waals surface area contributed by atoms with Gasteiger partial charge in [0.15, 0.2) is 0 Å². The third-order valence-corrected chi connectivity index (χ3v) is 1.48. The highest BCUT2D eigenvalue weighted by molar-refractivity contribution is 5.86. The monoisotopic (exact) mass is 195 g/mol. The number of halogens is 2. The number of carbonyl (C=O) groups is 2. The number of hydrogen-bond acceptors (Lipinski definition) is 2. The number of carboxylic acid groups (broad SMARTS) is 1. The van der Waals surface area contributed by atoms with Crippen molar-refractivity contribution in [3.05, 3.63) is 0 Å². The number of likely N-dealkylation sites (N-methyl/N-ethyl adjacent to an activating group) is 1. The molecule has 0 saturated carbocycles. The lowest BCUT2D eigenvalue weighted by molar-refractivity contribution is -0.159. The highest BCUT2D eigenvalue weighted by atomic mass is 19.3. The fourth-order valence-corrected chi connectivity index (χ4v) is 0.705. The Balaban J connectivity index is 4.34. The summed E-state index contributed by atoms with van der Waals surface area (Å²) in [5, 5.41) is 8.23. The van der Waals surface area contributed by atoms with Gasteiger partial charge in [0.1, 0.15) is 6.54 Å². The van der Waals surface area contributed by atoms with Crippen LogP contribution in [0.1, 0.15) is 13.3 Å². The summed E-state index contributed by atoms with van der Waals surface area (Å²) < 4.78 is 25.3. The molecule has 0 aromatic heterocycles. The molecule has 0 aliphatic rings. The van der Waals surface area contributed by atoms with Gasteiger partial charge in [0, 0.05) is 13.5 Å². The fourth-order valence-electron chi connectivity index (χ4n) is 0.705. The van der Waals surface area contributed by atoms with E-state index in [9.17, 15) is 18.4 Å². The molecule has 0 aromatic rings. The van der Waals surface area contributed by atoms with E-state index in [1.807, 2.05) is 0 Å². The average molecular weight is 195 g/mol. The summed E-state index contributed by atoms with van der Waals surface area (Å²) in [7, 11) is 1.03. The zero-order chi connectivity index (χ0) is 10.6. The summed E-state index contributed by atoms with van der Waals surface area (Å²) in [6, 6.07) is 0. The lowest BCUT2D eigenvalue weighted by Gasteiger charge is -2.20. The van der Waals surface area contributed by atoms with Gasteiger partial charge in [-0.3, -0.25) is 9.59 Å². The fraction of sp³-hybridized carbons (Fsp3) is 0.714. The molecule has 0 rings (SSSR count). The van der Waals surface area contributed by atoms with Gasteiger partial charge in [-0.2, -0.15) is 8.78 Å². The Morgan fingerprint density at radius 2 is 1.92 bits per heavy atom. The second kappa shape index (κ2) is 4.15. The highest BCUT2D eigenvalue weighted by Gasteiger charge is 2.39. The molecule has 0 atom stereocenters. The number of hydrogen-bond donors (Lipinski definition) is 1. The number of rotatable bonds is 4. The molecule has 0 bridgehead atoms. The maximum absolute atomic E-state index is 12.7. The van der Waals surface area contributed by atoms with Crippen LogP contribution in [0.25, 0.3) is 0 Å². The molecular weight excluding hydrogens is 184 g/mol.